The van der Waals surface area contributed by atoms with Gasteiger partial charge in [0.25, 0.3) is 0 Å². The van der Waals surface area contributed by atoms with E-state index in [1.54, 1.807) is 0 Å². The van der Waals surface area contributed by atoms with E-state index in [2.05, 4.69) is 29.8 Å². The van der Waals surface area contributed by atoms with Crippen LogP contribution in [0.3, 0.4) is 0 Å². The Balaban J connectivity index is 2.35. The summed E-state index contributed by atoms with van der Waals surface area (Å²) in [5, 5.41) is 0. The highest BCUT2D eigenvalue weighted by Crippen LogP contribution is 2.35. The number of rotatable bonds is 6. The molecule has 16 heavy (non-hydrogen) atoms. The van der Waals surface area contributed by atoms with Crippen LogP contribution in [0.1, 0.15) is 78.1 Å². The van der Waals surface area contributed by atoms with Gasteiger partial charge in [0.1, 0.15) is 0 Å². The van der Waals surface area contributed by atoms with Gasteiger partial charge in [0.15, 0.2) is 0 Å². The average molecular weight is 289 g/mol. The van der Waals surface area contributed by atoms with Gasteiger partial charge in [-0.05, 0) is 31.1 Å². The van der Waals surface area contributed by atoms with Crippen LogP contribution in [-0.4, -0.2) is 4.83 Å². The van der Waals surface area contributed by atoms with Gasteiger partial charge in [-0.25, -0.2) is 0 Å². The molecule has 3 atom stereocenters. The van der Waals surface area contributed by atoms with Crippen molar-refractivity contribution in [1.82, 2.24) is 0 Å². The van der Waals surface area contributed by atoms with Gasteiger partial charge >= 0.3 is 0 Å². The van der Waals surface area contributed by atoms with E-state index in [0.29, 0.717) is 0 Å². The van der Waals surface area contributed by atoms with E-state index in [1.165, 1.54) is 64.2 Å². The summed E-state index contributed by atoms with van der Waals surface area (Å²) in [6, 6.07) is 0. The topological polar surface area (TPSA) is 0 Å². The molecule has 0 saturated heterocycles. The molecule has 0 aromatic carbocycles. The molecule has 0 amide bonds. The van der Waals surface area contributed by atoms with Crippen molar-refractivity contribution in [3.05, 3.63) is 0 Å². The van der Waals surface area contributed by atoms with Gasteiger partial charge in [-0.15, -0.1) is 0 Å². The molecule has 1 rings (SSSR count). The van der Waals surface area contributed by atoms with Crippen LogP contribution in [0.4, 0.5) is 0 Å². The molecule has 0 bridgehead atoms. The largest absolute Gasteiger partial charge is 0.0888 e. The van der Waals surface area contributed by atoms with E-state index in [1.807, 2.05) is 0 Å². The van der Waals surface area contributed by atoms with Gasteiger partial charge in [0, 0.05) is 4.83 Å². The third-order valence-corrected chi connectivity index (χ3v) is 5.45. The molecule has 0 spiro atoms. The van der Waals surface area contributed by atoms with Gasteiger partial charge in [-0.3, -0.25) is 0 Å². The van der Waals surface area contributed by atoms with Crippen molar-refractivity contribution < 1.29 is 0 Å². The molecule has 1 aliphatic carbocycles. The zero-order valence-corrected chi connectivity index (χ0v) is 12.8. The fraction of sp³-hybridized carbons (Fsp3) is 1.00. The molecule has 3 unspecified atom stereocenters. The van der Waals surface area contributed by atoms with Gasteiger partial charge in [-0.2, -0.15) is 0 Å². The molecule has 1 saturated carbocycles. The molecule has 0 heterocycles. The second-order valence-electron chi connectivity index (χ2n) is 5.57. The Morgan fingerprint density at radius 2 is 1.88 bits per heavy atom. The van der Waals surface area contributed by atoms with Crippen LogP contribution in [0.25, 0.3) is 0 Å². The van der Waals surface area contributed by atoms with E-state index in [4.69, 9.17) is 0 Å². The number of unbranched alkanes of at least 4 members (excludes halogenated alkanes) is 1. The second kappa shape index (κ2) is 8.55. The van der Waals surface area contributed by atoms with Crippen molar-refractivity contribution in [1.29, 1.82) is 0 Å². The zero-order valence-electron chi connectivity index (χ0n) is 11.2. The number of alkyl halides is 1. The molecule has 1 heteroatoms. The maximum absolute atomic E-state index is 3.93. The SMILES string of the molecule is CCCCC(CC)CC1CCCCCC1Br. The highest BCUT2D eigenvalue weighted by molar-refractivity contribution is 9.09. The summed E-state index contributed by atoms with van der Waals surface area (Å²) >= 11 is 3.93. The standard InChI is InChI=1S/C15H29Br/c1-3-5-9-13(4-2)12-14-10-7-6-8-11-15(14)16/h13-15H,3-12H2,1-2H3. The second-order valence-corrected chi connectivity index (χ2v) is 6.74. The summed E-state index contributed by atoms with van der Waals surface area (Å²) in [5.41, 5.74) is 0. The summed E-state index contributed by atoms with van der Waals surface area (Å²) in [5.74, 6) is 1.95. The smallest absolute Gasteiger partial charge is 0.0174 e. The lowest BCUT2D eigenvalue weighted by Gasteiger charge is -2.25. The summed E-state index contributed by atoms with van der Waals surface area (Å²) in [6.07, 6.45) is 14.4. The lowest BCUT2D eigenvalue weighted by Crippen LogP contribution is -2.17. The third-order valence-electron chi connectivity index (χ3n) is 4.25. The average Bonchev–Trinajstić information content (AvgIpc) is 2.50. The van der Waals surface area contributed by atoms with Crippen LogP contribution >= 0.6 is 15.9 Å². The van der Waals surface area contributed by atoms with E-state index in [-0.39, 0.29) is 0 Å². The monoisotopic (exact) mass is 288 g/mol. The van der Waals surface area contributed by atoms with Crippen molar-refractivity contribution in [2.75, 3.05) is 0 Å². The summed E-state index contributed by atoms with van der Waals surface area (Å²) in [6.45, 7) is 4.69. The van der Waals surface area contributed by atoms with Crippen molar-refractivity contribution in [2.24, 2.45) is 11.8 Å². The molecule has 1 fully saturated rings. The summed E-state index contributed by atoms with van der Waals surface area (Å²) in [7, 11) is 0. The fourth-order valence-corrected chi connectivity index (χ4v) is 3.82. The molecule has 96 valence electrons. The molecule has 0 aromatic rings. The van der Waals surface area contributed by atoms with E-state index in [0.717, 1.165) is 16.7 Å². The molecule has 0 N–H and O–H groups in total. The zero-order chi connectivity index (χ0) is 11.8. The van der Waals surface area contributed by atoms with Crippen LogP contribution in [0, 0.1) is 11.8 Å². The maximum Gasteiger partial charge on any atom is 0.0174 e. The molecule has 0 aromatic heterocycles. The minimum Gasteiger partial charge on any atom is -0.0888 e. The Labute approximate surface area is 111 Å². The molecule has 0 aliphatic heterocycles. The minimum atomic E-state index is 0.811. The first-order chi connectivity index (χ1) is 7.77. The van der Waals surface area contributed by atoms with Gasteiger partial charge in [0.05, 0.1) is 0 Å². The maximum atomic E-state index is 3.93. The quantitative estimate of drug-likeness (QED) is 0.419. The van der Waals surface area contributed by atoms with Crippen LogP contribution < -0.4 is 0 Å². The third kappa shape index (κ3) is 5.21. The molecule has 0 nitrogen and oxygen atoms in total. The predicted octanol–water partition coefficient (Wildman–Crippen LogP) is 5.94. The van der Waals surface area contributed by atoms with Gasteiger partial charge in [0.2, 0.25) is 0 Å². The van der Waals surface area contributed by atoms with Crippen molar-refractivity contribution in [3.8, 4) is 0 Å². The van der Waals surface area contributed by atoms with Crippen LogP contribution in [0.5, 0.6) is 0 Å². The first-order valence-corrected chi connectivity index (χ1v) is 8.33. The molecule has 1 aliphatic rings. The molecular weight excluding hydrogens is 260 g/mol. The summed E-state index contributed by atoms with van der Waals surface area (Å²) in [4.78, 5) is 0.811. The Hall–Kier alpha value is 0.480. The van der Waals surface area contributed by atoms with E-state index in [9.17, 15) is 0 Å². The molecule has 0 radical (unpaired) electrons. The normalized spacial score (nSPS) is 28.7. The number of hydrogen-bond donors (Lipinski definition) is 0. The predicted molar refractivity (Wildman–Crippen MR) is 77.2 cm³/mol. The highest BCUT2D eigenvalue weighted by atomic mass is 79.9. The lowest BCUT2D eigenvalue weighted by molar-refractivity contribution is 0.320. The fourth-order valence-electron chi connectivity index (χ4n) is 3.01. The van der Waals surface area contributed by atoms with Crippen molar-refractivity contribution in [2.45, 2.75) is 82.9 Å². The lowest BCUT2D eigenvalue weighted by atomic mass is 9.85. The van der Waals surface area contributed by atoms with E-state index >= 15 is 0 Å². The van der Waals surface area contributed by atoms with Crippen molar-refractivity contribution in [3.63, 3.8) is 0 Å². The number of hydrogen-bond acceptors (Lipinski definition) is 0. The van der Waals surface area contributed by atoms with E-state index < -0.39 is 0 Å². The van der Waals surface area contributed by atoms with Crippen LogP contribution in [-0.2, 0) is 0 Å². The summed E-state index contributed by atoms with van der Waals surface area (Å²) < 4.78 is 0. The van der Waals surface area contributed by atoms with Crippen LogP contribution in [0.15, 0.2) is 0 Å². The first kappa shape index (κ1) is 14.5. The van der Waals surface area contributed by atoms with Crippen LogP contribution in [0.2, 0.25) is 0 Å². The first-order valence-electron chi connectivity index (χ1n) is 7.42. The van der Waals surface area contributed by atoms with Gasteiger partial charge < -0.3 is 0 Å². The molecular formula is C15H29Br. The highest BCUT2D eigenvalue weighted by Gasteiger charge is 2.23. The Morgan fingerprint density at radius 1 is 1.12 bits per heavy atom. The Bertz CT molecular complexity index is 167. The van der Waals surface area contributed by atoms with Gasteiger partial charge in [-0.1, -0.05) is 74.7 Å². The van der Waals surface area contributed by atoms with Crippen molar-refractivity contribution >= 4 is 15.9 Å². The Morgan fingerprint density at radius 3 is 2.56 bits per heavy atom. The number of halogens is 1. The minimum absolute atomic E-state index is 0.811. The Kier molecular flexibility index (Phi) is 7.77.